The number of rotatable bonds is 5. The minimum atomic E-state index is -4.81. The molecule has 0 aliphatic carbocycles. The van der Waals surface area contributed by atoms with Crippen molar-refractivity contribution in [2.75, 3.05) is 18.9 Å². The molecule has 0 atom stereocenters. The second kappa shape index (κ2) is 8.27. The third-order valence-corrected chi connectivity index (χ3v) is 3.94. The molecule has 1 heterocycles. The summed E-state index contributed by atoms with van der Waals surface area (Å²) in [6.07, 6.45) is -4.81. The number of para-hydroxylation sites is 1. The van der Waals surface area contributed by atoms with Gasteiger partial charge in [0.25, 0.3) is 5.91 Å². The van der Waals surface area contributed by atoms with Crippen LogP contribution in [0.2, 0.25) is 0 Å². The number of carbonyl (C=O) groups is 2. The molecule has 0 aliphatic heterocycles. The third-order valence-electron chi connectivity index (χ3n) is 3.94. The average molecular weight is 420 g/mol. The van der Waals surface area contributed by atoms with Gasteiger partial charge in [-0.05, 0) is 36.4 Å². The summed E-state index contributed by atoms with van der Waals surface area (Å²) in [6, 6.07) is 12.0. The van der Waals surface area contributed by atoms with E-state index in [1.54, 1.807) is 24.3 Å². The number of nitrogens with one attached hydrogen (secondary N) is 1. The van der Waals surface area contributed by atoms with Crippen LogP contribution >= 0.6 is 0 Å². The zero-order valence-electron chi connectivity index (χ0n) is 15.5. The predicted molar refractivity (Wildman–Crippen MR) is 101 cm³/mol. The number of hydrogen-bond acceptors (Lipinski definition) is 5. The van der Waals surface area contributed by atoms with Gasteiger partial charge in [0.1, 0.15) is 11.3 Å². The molecule has 2 aromatic carbocycles. The van der Waals surface area contributed by atoms with E-state index in [1.807, 2.05) is 0 Å². The average Bonchev–Trinajstić information content (AvgIpc) is 2.67. The normalized spacial score (nSPS) is 11.2. The topological polar surface area (TPSA) is 88.9 Å². The molecule has 7 nitrogen and oxygen atoms in total. The Hall–Kier alpha value is -3.82. The fourth-order valence-electron chi connectivity index (χ4n) is 2.63. The van der Waals surface area contributed by atoms with Gasteiger partial charge in [-0.15, -0.1) is 13.2 Å². The number of halogens is 3. The highest BCUT2D eigenvalue weighted by atomic mass is 19.4. The van der Waals surface area contributed by atoms with Crippen LogP contribution in [-0.2, 0) is 4.79 Å². The van der Waals surface area contributed by atoms with Crippen LogP contribution in [0.25, 0.3) is 11.0 Å². The number of alkyl halides is 3. The van der Waals surface area contributed by atoms with Gasteiger partial charge in [0.15, 0.2) is 11.2 Å². The zero-order chi connectivity index (χ0) is 21.9. The minimum absolute atomic E-state index is 0.215. The van der Waals surface area contributed by atoms with Gasteiger partial charge in [-0.2, -0.15) is 0 Å². The van der Waals surface area contributed by atoms with E-state index in [4.69, 9.17) is 4.42 Å². The van der Waals surface area contributed by atoms with E-state index in [9.17, 15) is 27.6 Å². The number of hydrogen-bond donors (Lipinski definition) is 1. The summed E-state index contributed by atoms with van der Waals surface area (Å²) >= 11 is 0. The quantitative estimate of drug-likeness (QED) is 0.684. The molecule has 0 radical (unpaired) electrons. The lowest BCUT2D eigenvalue weighted by molar-refractivity contribution is -0.274. The number of likely N-dealkylation sites (N-methyl/N-ethyl adjacent to an activating group) is 1. The Balaban J connectivity index is 1.64. The van der Waals surface area contributed by atoms with E-state index in [-0.39, 0.29) is 29.0 Å². The van der Waals surface area contributed by atoms with E-state index in [1.165, 1.54) is 19.2 Å². The molecule has 30 heavy (non-hydrogen) atoms. The smallest absolute Gasteiger partial charge is 0.451 e. The molecule has 2 amide bonds. The summed E-state index contributed by atoms with van der Waals surface area (Å²) in [7, 11) is 1.34. The van der Waals surface area contributed by atoms with Crippen molar-refractivity contribution in [3.05, 3.63) is 70.6 Å². The van der Waals surface area contributed by atoms with E-state index in [2.05, 4.69) is 10.1 Å². The van der Waals surface area contributed by atoms with Gasteiger partial charge in [0, 0.05) is 18.8 Å². The van der Waals surface area contributed by atoms with Crippen LogP contribution < -0.4 is 15.5 Å². The summed E-state index contributed by atoms with van der Waals surface area (Å²) in [5.74, 6) is -1.93. The van der Waals surface area contributed by atoms with Crippen LogP contribution in [0, 0.1) is 0 Å². The number of nitrogens with zero attached hydrogens (tertiary/aromatic N) is 1. The molecule has 0 saturated heterocycles. The summed E-state index contributed by atoms with van der Waals surface area (Å²) in [5, 5.41) is 2.77. The molecule has 156 valence electrons. The Kier molecular flexibility index (Phi) is 5.77. The van der Waals surface area contributed by atoms with Crippen molar-refractivity contribution in [2.45, 2.75) is 6.36 Å². The Morgan fingerprint density at radius 3 is 2.43 bits per heavy atom. The van der Waals surface area contributed by atoms with E-state index in [0.717, 1.165) is 23.1 Å². The molecule has 0 fully saturated rings. The molecule has 0 spiro atoms. The molecule has 3 rings (SSSR count). The summed E-state index contributed by atoms with van der Waals surface area (Å²) < 4.78 is 45.7. The largest absolute Gasteiger partial charge is 0.573 e. The van der Waals surface area contributed by atoms with Crippen molar-refractivity contribution in [1.82, 2.24) is 4.90 Å². The van der Waals surface area contributed by atoms with Crippen molar-refractivity contribution in [3.8, 4) is 5.75 Å². The van der Waals surface area contributed by atoms with Gasteiger partial charge in [-0.25, -0.2) is 0 Å². The molecule has 1 aromatic heterocycles. The Morgan fingerprint density at radius 2 is 1.77 bits per heavy atom. The van der Waals surface area contributed by atoms with Crippen LogP contribution in [0.4, 0.5) is 18.9 Å². The van der Waals surface area contributed by atoms with Gasteiger partial charge in [-0.1, -0.05) is 12.1 Å². The Bertz CT molecular complexity index is 1140. The number of benzene rings is 2. The van der Waals surface area contributed by atoms with Crippen LogP contribution in [-0.4, -0.2) is 36.7 Å². The maximum absolute atomic E-state index is 12.5. The first-order valence-corrected chi connectivity index (χ1v) is 8.56. The molecular formula is C20H15F3N2O5. The highest BCUT2D eigenvalue weighted by Crippen LogP contribution is 2.24. The number of anilines is 1. The van der Waals surface area contributed by atoms with Crippen molar-refractivity contribution < 1.29 is 31.9 Å². The Morgan fingerprint density at radius 1 is 1.10 bits per heavy atom. The van der Waals surface area contributed by atoms with Crippen molar-refractivity contribution in [2.24, 2.45) is 0 Å². The number of ether oxygens (including phenoxy) is 1. The van der Waals surface area contributed by atoms with Gasteiger partial charge in [0.05, 0.1) is 11.9 Å². The zero-order valence-corrected chi connectivity index (χ0v) is 15.5. The van der Waals surface area contributed by atoms with E-state index >= 15 is 0 Å². The summed E-state index contributed by atoms with van der Waals surface area (Å²) in [6.45, 7) is -0.379. The second-order valence-corrected chi connectivity index (χ2v) is 6.25. The SMILES string of the molecule is CN(CC(=O)Nc1ccc(OC(F)(F)F)cc1)C(=O)c1cc(=O)c2ccccc2o1. The van der Waals surface area contributed by atoms with Gasteiger partial charge in [-0.3, -0.25) is 14.4 Å². The van der Waals surface area contributed by atoms with Gasteiger partial charge >= 0.3 is 6.36 Å². The molecule has 0 saturated carbocycles. The molecule has 10 heteroatoms. The highest BCUT2D eigenvalue weighted by molar-refractivity contribution is 5.98. The number of carbonyl (C=O) groups excluding carboxylic acids is 2. The van der Waals surface area contributed by atoms with Crippen LogP contribution in [0.15, 0.2) is 63.8 Å². The first-order valence-electron chi connectivity index (χ1n) is 8.56. The van der Waals surface area contributed by atoms with E-state index < -0.39 is 23.9 Å². The lowest BCUT2D eigenvalue weighted by Crippen LogP contribution is -2.35. The predicted octanol–water partition coefficient (Wildman–Crippen LogP) is 3.40. The van der Waals surface area contributed by atoms with Crippen LogP contribution in [0.1, 0.15) is 10.6 Å². The van der Waals surface area contributed by atoms with Gasteiger partial charge < -0.3 is 19.4 Å². The maximum Gasteiger partial charge on any atom is 0.573 e. The van der Waals surface area contributed by atoms with E-state index in [0.29, 0.717) is 5.39 Å². The standard InChI is InChI=1S/C20H15F3N2O5/c1-25(19(28)17-10-15(26)14-4-2-3-5-16(14)29-17)11-18(27)24-12-6-8-13(9-7-12)30-20(21,22)23/h2-10H,11H2,1H3,(H,24,27). The highest BCUT2D eigenvalue weighted by Gasteiger charge is 2.31. The first kappa shape index (κ1) is 20.9. The van der Waals surface area contributed by atoms with Crippen LogP contribution in [0.5, 0.6) is 5.75 Å². The molecular weight excluding hydrogens is 405 g/mol. The lowest BCUT2D eigenvalue weighted by atomic mass is 10.2. The maximum atomic E-state index is 12.5. The molecule has 0 bridgehead atoms. The monoisotopic (exact) mass is 420 g/mol. The number of amides is 2. The minimum Gasteiger partial charge on any atom is -0.451 e. The van der Waals surface area contributed by atoms with Crippen molar-refractivity contribution in [1.29, 1.82) is 0 Å². The molecule has 1 N–H and O–H groups in total. The molecule has 0 aliphatic rings. The van der Waals surface area contributed by atoms with Crippen molar-refractivity contribution in [3.63, 3.8) is 0 Å². The first-order chi connectivity index (χ1) is 14.1. The third kappa shape index (κ3) is 5.16. The molecule has 3 aromatic rings. The van der Waals surface area contributed by atoms with Gasteiger partial charge in [0.2, 0.25) is 5.91 Å². The Labute approximate surface area is 167 Å². The summed E-state index contributed by atoms with van der Waals surface area (Å²) in [5.41, 5.74) is 0.0687. The summed E-state index contributed by atoms with van der Waals surface area (Å²) in [4.78, 5) is 37.8. The lowest BCUT2D eigenvalue weighted by Gasteiger charge is -2.16. The molecule has 0 unspecified atom stereocenters. The fourth-order valence-corrected chi connectivity index (χ4v) is 2.63. The van der Waals surface area contributed by atoms with Crippen LogP contribution in [0.3, 0.4) is 0 Å². The van der Waals surface area contributed by atoms with Crippen molar-refractivity contribution >= 4 is 28.5 Å². The second-order valence-electron chi connectivity index (χ2n) is 6.25. The fraction of sp³-hybridized carbons (Fsp3) is 0.150. The number of fused-ring (bicyclic) bond motifs is 1.